The molecular formula is C23H26ClNO2. The van der Waals surface area contributed by atoms with Gasteiger partial charge in [0.1, 0.15) is 5.75 Å². The average Bonchev–Trinajstić information content (AvgIpc) is 2.82. The van der Waals surface area contributed by atoms with Crippen LogP contribution in [0.5, 0.6) is 5.75 Å². The summed E-state index contributed by atoms with van der Waals surface area (Å²) in [6.45, 7) is 12.4. The number of aromatic hydroxyl groups is 1. The highest BCUT2D eigenvalue weighted by Gasteiger charge is 2.28. The van der Waals surface area contributed by atoms with Crippen molar-refractivity contribution in [3.63, 3.8) is 0 Å². The first kappa shape index (κ1) is 19.5. The van der Waals surface area contributed by atoms with E-state index in [9.17, 15) is 9.90 Å². The molecule has 0 aliphatic carbocycles. The van der Waals surface area contributed by atoms with E-state index in [1.165, 1.54) is 0 Å². The summed E-state index contributed by atoms with van der Waals surface area (Å²) in [4.78, 5) is 12.5. The quantitative estimate of drug-likeness (QED) is 0.581. The second-order valence-corrected chi connectivity index (χ2v) is 9.60. The number of nitrogens with one attached hydrogen (secondary N) is 1. The van der Waals surface area contributed by atoms with Gasteiger partial charge in [-0.3, -0.25) is 4.79 Å². The Bertz CT molecular complexity index is 924. The maximum Gasteiger partial charge on any atom is 0.256 e. The molecule has 0 atom stereocenters. The van der Waals surface area contributed by atoms with Gasteiger partial charge in [-0.15, -0.1) is 0 Å². The maximum absolute atomic E-state index is 12.5. The van der Waals surface area contributed by atoms with Crippen molar-refractivity contribution in [1.29, 1.82) is 0 Å². The number of phenolic OH excluding ortho intramolecular Hbond substituents is 1. The number of fused-ring (bicyclic) bond motifs is 1. The number of carbonyl (C=O) groups is 1. The molecule has 1 aliphatic heterocycles. The normalized spacial score (nSPS) is 15.8. The molecule has 0 spiro atoms. The first-order chi connectivity index (χ1) is 12.4. The van der Waals surface area contributed by atoms with E-state index in [-0.39, 0.29) is 16.7 Å². The molecule has 0 aromatic heterocycles. The molecule has 0 bridgehead atoms. The molecule has 0 unspecified atom stereocenters. The lowest BCUT2D eigenvalue weighted by atomic mass is 9.78. The van der Waals surface area contributed by atoms with E-state index >= 15 is 0 Å². The lowest BCUT2D eigenvalue weighted by Crippen LogP contribution is -2.17. The monoisotopic (exact) mass is 383 g/mol. The SMILES string of the molecule is CC(C)(C)c1cc(/C=C2\C(=O)Nc3ccc(Cl)cc32)cc(C(C)(C)C)c1O. The summed E-state index contributed by atoms with van der Waals surface area (Å²) in [5.74, 6) is 0.187. The van der Waals surface area contributed by atoms with Gasteiger partial charge in [-0.1, -0.05) is 53.1 Å². The Hall–Kier alpha value is -2.26. The van der Waals surface area contributed by atoms with Crippen LogP contribution >= 0.6 is 11.6 Å². The number of rotatable bonds is 1. The highest BCUT2D eigenvalue weighted by Crippen LogP contribution is 2.41. The number of halogens is 1. The van der Waals surface area contributed by atoms with Gasteiger partial charge in [-0.05, 0) is 52.8 Å². The summed E-state index contributed by atoms with van der Waals surface area (Å²) < 4.78 is 0. The fourth-order valence-corrected chi connectivity index (χ4v) is 3.53. The standard InChI is InChI=1S/C23H26ClNO2/c1-22(2,3)17-10-13(11-18(20(17)26)23(4,5)6)9-16-15-12-14(24)7-8-19(15)25-21(16)27/h7-12,26H,1-6H3,(H,25,27)/b16-9-. The van der Waals surface area contributed by atoms with Crippen LogP contribution in [0.4, 0.5) is 5.69 Å². The summed E-state index contributed by atoms with van der Waals surface area (Å²) in [7, 11) is 0. The number of phenols is 1. The maximum atomic E-state index is 12.5. The van der Waals surface area contributed by atoms with Crippen molar-refractivity contribution in [3.05, 3.63) is 57.6 Å². The van der Waals surface area contributed by atoms with E-state index in [2.05, 4.69) is 46.9 Å². The third kappa shape index (κ3) is 3.74. The van der Waals surface area contributed by atoms with Gasteiger partial charge < -0.3 is 10.4 Å². The second-order valence-electron chi connectivity index (χ2n) is 9.17. The van der Waals surface area contributed by atoms with Crippen LogP contribution in [0.3, 0.4) is 0 Å². The van der Waals surface area contributed by atoms with Crippen molar-refractivity contribution in [2.45, 2.75) is 52.4 Å². The molecule has 27 heavy (non-hydrogen) atoms. The Kier molecular flexibility index (Phi) is 4.63. The minimum Gasteiger partial charge on any atom is -0.507 e. The molecule has 1 heterocycles. The van der Waals surface area contributed by atoms with Crippen LogP contribution in [0, 0.1) is 0 Å². The minimum absolute atomic E-state index is 0.144. The summed E-state index contributed by atoms with van der Waals surface area (Å²) in [5.41, 5.74) is 4.32. The van der Waals surface area contributed by atoms with Crippen LogP contribution in [0.25, 0.3) is 11.6 Å². The molecule has 0 saturated carbocycles. The van der Waals surface area contributed by atoms with Crippen LogP contribution < -0.4 is 5.32 Å². The molecule has 3 rings (SSSR count). The van der Waals surface area contributed by atoms with Crippen LogP contribution in [0.1, 0.15) is 63.8 Å². The van der Waals surface area contributed by atoms with E-state index in [0.29, 0.717) is 16.3 Å². The van der Waals surface area contributed by atoms with Gasteiger partial charge in [0.25, 0.3) is 5.91 Å². The van der Waals surface area contributed by atoms with Crippen molar-refractivity contribution < 1.29 is 9.90 Å². The molecule has 0 fully saturated rings. The van der Waals surface area contributed by atoms with Crippen LogP contribution in [-0.2, 0) is 15.6 Å². The zero-order chi connectivity index (χ0) is 20.1. The topological polar surface area (TPSA) is 49.3 Å². The van der Waals surface area contributed by atoms with Gasteiger partial charge in [0.2, 0.25) is 0 Å². The average molecular weight is 384 g/mol. The summed E-state index contributed by atoms with van der Waals surface area (Å²) in [5, 5.41) is 14.3. The predicted octanol–water partition coefficient (Wildman–Crippen LogP) is 6.13. The Morgan fingerprint density at radius 1 is 0.963 bits per heavy atom. The van der Waals surface area contributed by atoms with E-state index in [0.717, 1.165) is 27.9 Å². The van der Waals surface area contributed by atoms with Gasteiger partial charge in [0.15, 0.2) is 0 Å². The molecular weight excluding hydrogens is 358 g/mol. The summed E-state index contributed by atoms with van der Waals surface area (Å²) in [6, 6.07) is 9.31. The first-order valence-electron chi connectivity index (χ1n) is 9.09. The van der Waals surface area contributed by atoms with Crippen molar-refractivity contribution in [2.24, 2.45) is 0 Å². The van der Waals surface area contributed by atoms with E-state index < -0.39 is 0 Å². The third-order valence-electron chi connectivity index (χ3n) is 4.82. The molecule has 0 saturated heterocycles. The molecule has 2 aromatic carbocycles. The smallest absolute Gasteiger partial charge is 0.256 e. The molecule has 4 heteroatoms. The van der Waals surface area contributed by atoms with E-state index in [1.54, 1.807) is 12.1 Å². The second kappa shape index (κ2) is 6.42. The zero-order valence-electron chi connectivity index (χ0n) is 16.7. The number of benzene rings is 2. The lowest BCUT2D eigenvalue weighted by molar-refractivity contribution is -0.110. The Labute approximate surface area is 166 Å². The first-order valence-corrected chi connectivity index (χ1v) is 9.46. The van der Waals surface area contributed by atoms with Crippen molar-refractivity contribution in [1.82, 2.24) is 0 Å². The molecule has 1 amide bonds. The predicted molar refractivity (Wildman–Crippen MR) is 113 cm³/mol. The number of amides is 1. The number of hydrogen-bond donors (Lipinski definition) is 2. The molecule has 2 N–H and O–H groups in total. The van der Waals surface area contributed by atoms with Gasteiger partial charge in [0.05, 0.1) is 0 Å². The van der Waals surface area contributed by atoms with Crippen molar-refractivity contribution in [2.75, 3.05) is 5.32 Å². The molecule has 3 nitrogen and oxygen atoms in total. The van der Waals surface area contributed by atoms with Gasteiger partial charge >= 0.3 is 0 Å². The highest BCUT2D eigenvalue weighted by molar-refractivity contribution is 6.36. The summed E-state index contributed by atoms with van der Waals surface area (Å²) in [6.07, 6.45) is 1.88. The van der Waals surface area contributed by atoms with E-state index in [1.807, 2.05) is 24.3 Å². The van der Waals surface area contributed by atoms with Crippen LogP contribution in [0.2, 0.25) is 5.02 Å². The zero-order valence-corrected chi connectivity index (χ0v) is 17.5. The number of anilines is 1. The number of hydrogen-bond acceptors (Lipinski definition) is 2. The Morgan fingerprint density at radius 3 is 2.04 bits per heavy atom. The largest absolute Gasteiger partial charge is 0.507 e. The van der Waals surface area contributed by atoms with E-state index in [4.69, 9.17) is 11.6 Å². The number of carbonyl (C=O) groups excluding carboxylic acids is 1. The fourth-order valence-electron chi connectivity index (χ4n) is 3.35. The highest BCUT2D eigenvalue weighted by atomic mass is 35.5. The third-order valence-corrected chi connectivity index (χ3v) is 5.06. The molecule has 142 valence electrons. The van der Waals surface area contributed by atoms with Crippen LogP contribution in [0.15, 0.2) is 30.3 Å². The van der Waals surface area contributed by atoms with Gasteiger partial charge in [0, 0.05) is 33.0 Å². The van der Waals surface area contributed by atoms with Crippen molar-refractivity contribution >= 4 is 34.8 Å². The summed E-state index contributed by atoms with van der Waals surface area (Å²) >= 11 is 6.13. The minimum atomic E-state index is -0.224. The fraction of sp³-hybridized carbons (Fsp3) is 0.348. The molecule has 0 radical (unpaired) electrons. The van der Waals surface area contributed by atoms with Crippen LogP contribution in [-0.4, -0.2) is 11.0 Å². The lowest BCUT2D eigenvalue weighted by Gasteiger charge is -2.28. The molecule has 1 aliphatic rings. The molecule has 2 aromatic rings. The van der Waals surface area contributed by atoms with Gasteiger partial charge in [-0.2, -0.15) is 0 Å². The Balaban J connectivity index is 2.23. The Morgan fingerprint density at radius 2 is 1.52 bits per heavy atom. The van der Waals surface area contributed by atoms with Crippen molar-refractivity contribution in [3.8, 4) is 5.75 Å². The van der Waals surface area contributed by atoms with Gasteiger partial charge in [-0.25, -0.2) is 0 Å².